The summed E-state index contributed by atoms with van der Waals surface area (Å²) in [6.07, 6.45) is 7.96. The Morgan fingerprint density at radius 3 is 2.63 bits per heavy atom. The summed E-state index contributed by atoms with van der Waals surface area (Å²) in [6.45, 7) is 7.97. The molecule has 10 heteroatoms. The summed E-state index contributed by atoms with van der Waals surface area (Å²) in [6, 6.07) is 5.86. The molecule has 5 heterocycles. The van der Waals surface area contributed by atoms with E-state index in [1.807, 2.05) is 23.2 Å². The molecule has 0 saturated carbocycles. The number of hydrogen-bond donors (Lipinski definition) is 1. The van der Waals surface area contributed by atoms with Crippen LogP contribution in [0.5, 0.6) is 0 Å². The predicted molar refractivity (Wildman–Crippen MR) is 146 cm³/mol. The molecular weight excluding hydrogens is 480 g/mol. The van der Waals surface area contributed by atoms with Crippen LogP contribution >= 0.6 is 0 Å². The monoisotopic (exact) mass is 512 g/mol. The topological polar surface area (TPSA) is 103 Å². The van der Waals surface area contributed by atoms with Crippen LogP contribution in [0.25, 0.3) is 11.1 Å². The molecule has 2 aliphatic rings. The third-order valence-corrected chi connectivity index (χ3v) is 7.63. The van der Waals surface area contributed by atoms with Gasteiger partial charge in [-0.2, -0.15) is 0 Å². The number of carbonyl (C=O) groups is 1. The minimum atomic E-state index is -0.171. The number of pyridine rings is 2. The molecule has 0 bridgehead atoms. The Balaban J connectivity index is 1.38. The van der Waals surface area contributed by atoms with Gasteiger partial charge in [-0.3, -0.25) is 19.2 Å². The van der Waals surface area contributed by atoms with Crippen LogP contribution in [0.2, 0.25) is 0 Å². The van der Waals surface area contributed by atoms with Crippen molar-refractivity contribution < 1.29 is 4.79 Å². The number of amides is 1. The lowest BCUT2D eigenvalue weighted by atomic mass is 9.90. The van der Waals surface area contributed by atoms with Gasteiger partial charge in [-0.25, -0.2) is 4.98 Å². The minimum Gasteiger partial charge on any atom is -0.339 e. The molecule has 1 amide bonds. The van der Waals surface area contributed by atoms with Gasteiger partial charge in [0.15, 0.2) is 5.82 Å². The summed E-state index contributed by atoms with van der Waals surface area (Å²) >= 11 is 0. The van der Waals surface area contributed by atoms with Crippen molar-refractivity contribution >= 4 is 23.2 Å². The number of hydrogen-bond acceptors (Lipinski definition) is 6. The van der Waals surface area contributed by atoms with E-state index in [0.717, 1.165) is 41.8 Å². The Labute approximate surface area is 220 Å². The highest BCUT2D eigenvalue weighted by Gasteiger charge is 2.37. The van der Waals surface area contributed by atoms with Crippen LogP contribution in [0, 0.1) is 5.41 Å². The van der Waals surface area contributed by atoms with Gasteiger partial charge in [-0.1, -0.05) is 26.0 Å². The Morgan fingerprint density at radius 1 is 1.08 bits per heavy atom. The molecule has 6 rings (SSSR count). The van der Waals surface area contributed by atoms with Gasteiger partial charge in [0, 0.05) is 56.4 Å². The van der Waals surface area contributed by atoms with E-state index in [1.54, 1.807) is 35.7 Å². The first-order chi connectivity index (χ1) is 18.1. The molecule has 1 aliphatic carbocycles. The molecule has 0 spiro atoms. The smallest absolute Gasteiger partial charge is 0.276 e. The molecule has 38 heavy (non-hydrogen) atoms. The third kappa shape index (κ3) is 3.91. The van der Waals surface area contributed by atoms with Crippen LogP contribution in [0.3, 0.4) is 0 Å². The Bertz CT molecular complexity index is 1640. The quantitative estimate of drug-likeness (QED) is 0.439. The average molecular weight is 513 g/mol. The largest absolute Gasteiger partial charge is 0.339 e. The molecule has 0 aromatic carbocycles. The van der Waals surface area contributed by atoms with Crippen molar-refractivity contribution in [3.05, 3.63) is 69.7 Å². The van der Waals surface area contributed by atoms with Gasteiger partial charge in [-0.05, 0) is 54.0 Å². The molecular formula is C28H32N8O2. The van der Waals surface area contributed by atoms with Gasteiger partial charge in [0.05, 0.1) is 6.20 Å². The van der Waals surface area contributed by atoms with Crippen LogP contribution in [0.1, 0.15) is 48.1 Å². The lowest BCUT2D eigenvalue weighted by molar-refractivity contribution is 0.0963. The van der Waals surface area contributed by atoms with Gasteiger partial charge >= 0.3 is 0 Å². The van der Waals surface area contributed by atoms with E-state index >= 15 is 0 Å². The highest BCUT2D eigenvalue weighted by molar-refractivity contribution is 6.06. The van der Waals surface area contributed by atoms with Crippen molar-refractivity contribution in [1.29, 1.82) is 0 Å². The van der Waals surface area contributed by atoms with Crippen LogP contribution in [0.15, 0.2) is 41.6 Å². The Kier molecular flexibility index (Phi) is 5.51. The molecule has 1 aliphatic heterocycles. The molecule has 0 atom stereocenters. The second-order valence-electron chi connectivity index (χ2n) is 11.1. The zero-order valence-electron chi connectivity index (χ0n) is 22.4. The summed E-state index contributed by atoms with van der Waals surface area (Å²) in [5, 5.41) is 11.1. The summed E-state index contributed by atoms with van der Waals surface area (Å²) in [4.78, 5) is 33.1. The van der Waals surface area contributed by atoms with Crippen molar-refractivity contribution in [2.75, 3.05) is 16.8 Å². The Morgan fingerprint density at radius 2 is 1.89 bits per heavy atom. The summed E-state index contributed by atoms with van der Waals surface area (Å²) < 4.78 is 5.34. The van der Waals surface area contributed by atoms with Gasteiger partial charge in [0.1, 0.15) is 17.2 Å². The van der Waals surface area contributed by atoms with E-state index in [4.69, 9.17) is 4.98 Å². The van der Waals surface area contributed by atoms with E-state index in [9.17, 15) is 9.59 Å². The van der Waals surface area contributed by atoms with Crippen molar-refractivity contribution in [2.45, 2.75) is 46.6 Å². The molecule has 196 valence electrons. The summed E-state index contributed by atoms with van der Waals surface area (Å²) in [5.41, 5.74) is 6.60. The van der Waals surface area contributed by atoms with Gasteiger partial charge < -0.3 is 14.5 Å². The van der Waals surface area contributed by atoms with Crippen LogP contribution < -0.4 is 15.8 Å². The highest BCUT2D eigenvalue weighted by Crippen LogP contribution is 2.40. The number of fused-ring (bicyclic) bond motifs is 3. The van der Waals surface area contributed by atoms with Crippen LogP contribution in [-0.2, 0) is 39.9 Å². The standard InChI is InChI=1S/C28H32N8O2/c1-6-19-20(18-11-21(26(37)33(4)15-18)30-24-16-34(5)32-31-24)7-8-29-25(19)36-10-9-35-22(27(36)38)12-17-13-28(2,3)14-23(17)35/h7-8,11-12,15-16,30H,6,9-10,13-14H2,1-5H3. The SMILES string of the molecule is CCc1c(-c2cc(Nc3cn(C)nn3)c(=O)n(C)c2)ccnc1N1CCn2c(cc3c2CC(C)(C)C3)C1=O. The van der Waals surface area contributed by atoms with E-state index in [2.05, 4.69) is 47.0 Å². The number of aromatic nitrogens is 6. The third-order valence-electron chi connectivity index (χ3n) is 7.63. The lowest BCUT2D eigenvalue weighted by Gasteiger charge is -2.31. The number of rotatable bonds is 5. The van der Waals surface area contributed by atoms with E-state index in [0.29, 0.717) is 30.3 Å². The molecule has 1 N–H and O–H groups in total. The molecule has 4 aromatic rings. The fourth-order valence-corrected chi connectivity index (χ4v) is 5.94. The van der Waals surface area contributed by atoms with Crippen molar-refractivity contribution in [2.24, 2.45) is 19.5 Å². The second kappa shape index (κ2) is 8.68. The molecule has 0 unspecified atom stereocenters. The number of carbonyl (C=O) groups excluding carboxylic acids is 1. The first kappa shape index (κ1) is 24.1. The van der Waals surface area contributed by atoms with Crippen LogP contribution in [0.4, 0.5) is 17.3 Å². The van der Waals surface area contributed by atoms with Crippen molar-refractivity contribution in [1.82, 2.24) is 29.1 Å². The summed E-state index contributed by atoms with van der Waals surface area (Å²) in [5.74, 6) is 1.17. The fourth-order valence-electron chi connectivity index (χ4n) is 5.94. The molecule has 0 fully saturated rings. The first-order valence-corrected chi connectivity index (χ1v) is 13.0. The van der Waals surface area contributed by atoms with E-state index in [-0.39, 0.29) is 16.9 Å². The van der Waals surface area contributed by atoms with E-state index < -0.39 is 0 Å². The molecule has 0 saturated heterocycles. The number of anilines is 3. The van der Waals surface area contributed by atoms with Gasteiger partial charge in [0.2, 0.25) is 0 Å². The number of nitrogens with zero attached hydrogens (tertiary/aromatic N) is 7. The number of nitrogens with one attached hydrogen (secondary N) is 1. The second-order valence-corrected chi connectivity index (χ2v) is 11.1. The minimum absolute atomic E-state index is 0.00623. The maximum Gasteiger partial charge on any atom is 0.276 e. The normalized spacial score (nSPS) is 16.0. The van der Waals surface area contributed by atoms with Crippen molar-refractivity contribution in [3.8, 4) is 11.1 Å². The first-order valence-electron chi connectivity index (χ1n) is 13.0. The maximum absolute atomic E-state index is 13.8. The zero-order valence-corrected chi connectivity index (χ0v) is 22.4. The summed E-state index contributed by atoms with van der Waals surface area (Å²) in [7, 11) is 3.50. The molecule has 4 aromatic heterocycles. The van der Waals surface area contributed by atoms with Crippen LogP contribution in [-0.4, -0.2) is 41.6 Å². The molecule has 0 radical (unpaired) electrons. The van der Waals surface area contributed by atoms with Gasteiger partial charge in [-0.15, -0.1) is 5.10 Å². The fraction of sp³-hybridized carbons (Fsp3) is 0.393. The zero-order chi connectivity index (χ0) is 26.8. The van der Waals surface area contributed by atoms with E-state index in [1.165, 1.54) is 11.3 Å². The number of aryl methyl sites for hydroxylation is 2. The predicted octanol–water partition coefficient (Wildman–Crippen LogP) is 3.47. The van der Waals surface area contributed by atoms with Crippen molar-refractivity contribution in [3.63, 3.8) is 0 Å². The van der Waals surface area contributed by atoms with Gasteiger partial charge in [0.25, 0.3) is 11.5 Å². The average Bonchev–Trinajstić information content (AvgIpc) is 3.53. The maximum atomic E-state index is 13.8. The highest BCUT2D eigenvalue weighted by atomic mass is 16.2. The molecule has 10 nitrogen and oxygen atoms in total. The lowest BCUT2D eigenvalue weighted by Crippen LogP contribution is -2.41. The Hall–Kier alpha value is -4.21.